The second kappa shape index (κ2) is 9.05. The molecule has 0 unspecified atom stereocenters. The largest absolute Gasteiger partial charge is 0.490 e. The van der Waals surface area contributed by atoms with Gasteiger partial charge in [-0.25, -0.2) is 0 Å². The van der Waals surface area contributed by atoms with Crippen LogP contribution in [0, 0.1) is 10.1 Å². The van der Waals surface area contributed by atoms with Crippen LogP contribution >= 0.6 is 39.0 Å². The number of nitrogens with one attached hydrogen (secondary N) is 1. The fourth-order valence-corrected chi connectivity index (χ4v) is 4.37. The summed E-state index contributed by atoms with van der Waals surface area (Å²) in [6, 6.07) is 8.24. The first-order valence-electron chi connectivity index (χ1n) is 6.94. The van der Waals surface area contributed by atoms with Crippen LogP contribution < -0.4 is 10.1 Å². The maximum absolute atomic E-state index is 12.1. The first-order chi connectivity index (χ1) is 11.5. The molecule has 1 heterocycles. The molecule has 0 radical (unpaired) electrons. The number of nitrogens with zero attached hydrogens (tertiary/aromatic N) is 1. The lowest BCUT2D eigenvalue weighted by Gasteiger charge is -2.06. The van der Waals surface area contributed by atoms with Crippen LogP contribution in [0.15, 0.2) is 34.1 Å². The Kier molecular flexibility index (Phi) is 7.07. The number of rotatable bonds is 8. The molecule has 24 heavy (non-hydrogen) atoms. The highest BCUT2D eigenvalue weighted by Crippen LogP contribution is 2.27. The molecular weight excluding hydrogens is 416 g/mol. The molecular formula is C15H15BrN2O4S2. The molecule has 0 fully saturated rings. The summed E-state index contributed by atoms with van der Waals surface area (Å²) in [6.07, 6.45) is 0. The number of ether oxygens (including phenoxy) is 1. The monoisotopic (exact) mass is 430 g/mol. The summed E-state index contributed by atoms with van der Waals surface area (Å²) in [7, 11) is 1.35. The van der Waals surface area contributed by atoms with E-state index in [1.807, 2.05) is 6.07 Å². The van der Waals surface area contributed by atoms with Crippen molar-refractivity contribution >= 4 is 50.6 Å². The van der Waals surface area contributed by atoms with Gasteiger partial charge in [0.05, 0.1) is 15.8 Å². The van der Waals surface area contributed by atoms with E-state index in [4.69, 9.17) is 4.74 Å². The van der Waals surface area contributed by atoms with E-state index in [0.29, 0.717) is 6.54 Å². The van der Waals surface area contributed by atoms with Crippen LogP contribution in [0.1, 0.15) is 15.2 Å². The SMILES string of the molecule is COc1ccc(C(=O)NCCSCc2ccc(Br)s2)cc1[N+](=O)[O-]. The van der Waals surface area contributed by atoms with Crippen molar-refractivity contribution < 1.29 is 14.5 Å². The quantitative estimate of drug-likeness (QED) is 0.387. The minimum Gasteiger partial charge on any atom is -0.490 e. The van der Waals surface area contributed by atoms with Gasteiger partial charge < -0.3 is 10.1 Å². The van der Waals surface area contributed by atoms with Crippen LogP contribution in [0.5, 0.6) is 5.75 Å². The molecule has 0 aliphatic heterocycles. The molecule has 128 valence electrons. The first-order valence-corrected chi connectivity index (χ1v) is 9.70. The third-order valence-corrected chi connectivity index (χ3v) is 5.86. The number of amides is 1. The Morgan fingerprint density at radius 1 is 1.42 bits per heavy atom. The molecule has 1 aromatic carbocycles. The predicted octanol–water partition coefficient (Wildman–Crippen LogP) is 4.09. The van der Waals surface area contributed by atoms with E-state index in [1.54, 1.807) is 23.1 Å². The lowest BCUT2D eigenvalue weighted by atomic mass is 10.1. The number of nitro groups is 1. The van der Waals surface area contributed by atoms with E-state index in [9.17, 15) is 14.9 Å². The maximum Gasteiger partial charge on any atom is 0.311 e. The Hall–Kier alpha value is -1.58. The number of thioether (sulfide) groups is 1. The number of thiophene rings is 1. The van der Waals surface area contributed by atoms with Crippen LogP contribution in [0.3, 0.4) is 0 Å². The van der Waals surface area contributed by atoms with Crippen molar-refractivity contribution in [2.45, 2.75) is 5.75 Å². The average molecular weight is 431 g/mol. The zero-order chi connectivity index (χ0) is 17.5. The summed E-state index contributed by atoms with van der Waals surface area (Å²) >= 11 is 6.83. The molecule has 2 rings (SSSR count). The van der Waals surface area contributed by atoms with Gasteiger partial charge in [-0.15, -0.1) is 11.3 Å². The fraction of sp³-hybridized carbons (Fsp3) is 0.267. The highest BCUT2D eigenvalue weighted by atomic mass is 79.9. The van der Waals surface area contributed by atoms with Gasteiger partial charge in [-0.3, -0.25) is 14.9 Å². The second-order valence-electron chi connectivity index (χ2n) is 4.66. The van der Waals surface area contributed by atoms with Crippen molar-refractivity contribution in [3.05, 3.63) is 54.7 Å². The molecule has 1 aromatic heterocycles. The lowest BCUT2D eigenvalue weighted by Crippen LogP contribution is -2.25. The van der Waals surface area contributed by atoms with Crippen LogP contribution in [0.25, 0.3) is 0 Å². The lowest BCUT2D eigenvalue weighted by molar-refractivity contribution is -0.385. The third kappa shape index (κ3) is 5.22. The normalized spacial score (nSPS) is 10.4. The van der Waals surface area contributed by atoms with Crippen molar-refractivity contribution in [1.82, 2.24) is 5.32 Å². The minimum atomic E-state index is -0.565. The number of carbonyl (C=O) groups is 1. The number of nitro benzene ring substituents is 1. The van der Waals surface area contributed by atoms with Crippen LogP contribution in [0.2, 0.25) is 0 Å². The molecule has 6 nitrogen and oxygen atoms in total. The van der Waals surface area contributed by atoms with Crippen molar-refractivity contribution in [3.63, 3.8) is 0 Å². The van der Waals surface area contributed by atoms with Gasteiger partial charge in [0, 0.05) is 34.6 Å². The summed E-state index contributed by atoms with van der Waals surface area (Å²) in [5.74, 6) is 1.45. The molecule has 0 aliphatic rings. The minimum absolute atomic E-state index is 0.134. The summed E-state index contributed by atoms with van der Waals surface area (Å²) in [5, 5.41) is 13.7. The van der Waals surface area contributed by atoms with Crippen molar-refractivity contribution in [1.29, 1.82) is 0 Å². The zero-order valence-electron chi connectivity index (χ0n) is 12.8. The number of hydrogen-bond donors (Lipinski definition) is 1. The van der Waals surface area contributed by atoms with Crippen LogP contribution in [-0.2, 0) is 5.75 Å². The molecule has 2 aromatic rings. The molecule has 9 heteroatoms. The molecule has 0 saturated heterocycles. The molecule has 0 atom stereocenters. The second-order valence-corrected chi connectivity index (χ2v) is 8.31. The van der Waals surface area contributed by atoms with Gasteiger partial charge in [-0.1, -0.05) is 0 Å². The van der Waals surface area contributed by atoms with E-state index >= 15 is 0 Å². The maximum atomic E-state index is 12.1. The average Bonchev–Trinajstić information content (AvgIpc) is 2.99. The molecule has 1 amide bonds. The highest BCUT2D eigenvalue weighted by Gasteiger charge is 2.17. The predicted molar refractivity (Wildman–Crippen MR) is 100 cm³/mol. The molecule has 1 N–H and O–H groups in total. The molecule has 0 saturated carbocycles. The Labute approximate surface area is 155 Å². The van der Waals surface area contributed by atoms with Gasteiger partial charge in [-0.2, -0.15) is 11.8 Å². The smallest absolute Gasteiger partial charge is 0.311 e. The highest BCUT2D eigenvalue weighted by molar-refractivity contribution is 9.11. The van der Waals surface area contributed by atoms with Gasteiger partial charge in [0.1, 0.15) is 0 Å². The van der Waals surface area contributed by atoms with E-state index in [-0.39, 0.29) is 22.9 Å². The van der Waals surface area contributed by atoms with Gasteiger partial charge in [-0.05, 0) is 40.2 Å². The van der Waals surface area contributed by atoms with Crippen molar-refractivity contribution in [2.24, 2.45) is 0 Å². The Bertz CT molecular complexity index is 736. The van der Waals surface area contributed by atoms with E-state index in [0.717, 1.165) is 15.3 Å². The van der Waals surface area contributed by atoms with Gasteiger partial charge in [0.25, 0.3) is 5.91 Å². The number of halogens is 1. The van der Waals surface area contributed by atoms with Gasteiger partial charge in [0.15, 0.2) is 5.75 Å². The molecule has 0 aliphatic carbocycles. The number of methoxy groups -OCH3 is 1. The Morgan fingerprint density at radius 3 is 2.83 bits per heavy atom. The topological polar surface area (TPSA) is 81.5 Å². The molecule has 0 bridgehead atoms. The first kappa shape index (κ1) is 18.8. The van der Waals surface area contributed by atoms with E-state index in [2.05, 4.69) is 27.3 Å². The standard InChI is InChI=1S/C15H15BrN2O4S2/c1-22-13-4-2-10(8-12(13)18(20)21)15(19)17-6-7-23-9-11-3-5-14(16)24-11/h2-5,8H,6-7,9H2,1H3,(H,17,19). The fourth-order valence-electron chi connectivity index (χ4n) is 1.91. The number of hydrogen-bond acceptors (Lipinski definition) is 6. The summed E-state index contributed by atoms with van der Waals surface area (Å²) in [5.41, 5.74) is 0.0254. The van der Waals surface area contributed by atoms with Crippen LogP contribution in [0.4, 0.5) is 5.69 Å². The third-order valence-electron chi connectivity index (χ3n) is 3.04. The Morgan fingerprint density at radius 2 is 2.21 bits per heavy atom. The summed E-state index contributed by atoms with van der Waals surface area (Å²) in [6.45, 7) is 0.496. The summed E-state index contributed by atoms with van der Waals surface area (Å²) < 4.78 is 6.02. The number of carbonyl (C=O) groups excluding carboxylic acids is 1. The van der Waals surface area contributed by atoms with Crippen molar-refractivity contribution in [3.8, 4) is 5.75 Å². The zero-order valence-corrected chi connectivity index (χ0v) is 16.0. The summed E-state index contributed by atoms with van der Waals surface area (Å²) in [4.78, 5) is 23.7. The van der Waals surface area contributed by atoms with E-state index < -0.39 is 4.92 Å². The van der Waals surface area contributed by atoms with Crippen LogP contribution in [-0.4, -0.2) is 30.2 Å². The number of benzene rings is 1. The van der Waals surface area contributed by atoms with Gasteiger partial charge in [0.2, 0.25) is 0 Å². The van der Waals surface area contributed by atoms with Crippen molar-refractivity contribution in [2.75, 3.05) is 19.4 Å². The van der Waals surface area contributed by atoms with E-state index in [1.165, 1.54) is 30.2 Å². The Balaban J connectivity index is 1.82. The molecule has 0 spiro atoms. The van der Waals surface area contributed by atoms with Gasteiger partial charge >= 0.3 is 5.69 Å².